The molecule has 0 unspecified atom stereocenters. The van der Waals surface area contributed by atoms with Crippen molar-refractivity contribution in [3.8, 4) is 0 Å². The molecule has 0 bridgehead atoms. The average molecular weight is 391 g/mol. The highest BCUT2D eigenvalue weighted by Gasteiger charge is 2.10. The van der Waals surface area contributed by atoms with Crippen LogP contribution in [0.4, 0.5) is 31.9 Å². The Morgan fingerprint density at radius 1 is 1.00 bits per heavy atom. The van der Waals surface area contributed by atoms with Crippen molar-refractivity contribution in [1.29, 1.82) is 0 Å². The summed E-state index contributed by atoms with van der Waals surface area (Å²) in [6, 6.07) is 11.1. The summed E-state index contributed by atoms with van der Waals surface area (Å²) >= 11 is 3.48. The quantitative estimate of drug-likeness (QED) is 0.633. The molecular formula is C17H13BrF2N4. The van der Waals surface area contributed by atoms with Gasteiger partial charge in [0.05, 0.1) is 5.69 Å². The SMILES string of the molecule is Cc1ccc(Nc2ccnc(Nc3c(F)cccc3F)n2)c(Br)c1. The largest absolute Gasteiger partial charge is 0.339 e. The zero-order valence-electron chi connectivity index (χ0n) is 12.6. The summed E-state index contributed by atoms with van der Waals surface area (Å²) in [6.45, 7) is 1.99. The van der Waals surface area contributed by atoms with Crippen LogP contribution in [0.1, 0.15) is 5.56 Å². The van der Waals surface area contributed by atoms with E-state index < -0.39 is 11.6 Å². The third-order valence-corrected chi connectivity index (χ3v) is 3.90. The van der Waals surface area contributed by atoms with E-state index >= 15 is 0 Å². The van der Waals surface area contributed by atoms with E-state index in [9.17, 15) is 8.78 Å². The number of aromatic nitrogens is 2. The fourth-order valence-electron chi connectivity index (χ4n) is 2.08. The lowest BCUT2D eigenvalue weighted by Gasteiger charge is -2.11. The van der Waals surface area contributed by atoms with Gasteiger partial charge in [-0.3, -0.25) is 0 Å². The molecule has 0 fully saturated rings. The van der Waals surface area contributed by atoms with E-state index in [4.69, 9.17) is 0 Å². The monoisotopic (exact) mass is 390 g/mol. The van der Waals surface area contributed by atoms with Crippen molar-refractivity contribution in [3.63, 3.8) is 0 Å². The van der Waals surface area contributed by atoms with Gasteiger partial charge in [0.1, 0.15) is 23.1 Å². The molecule has 2 N–H and O–H groups in total. The zero-order valence-corrected chi connectivity index (χ0v) is 14.2. The maximum absolute atomic E-state index is 13.7. The van der Waals surface area contributed by atoms with Gasteiger partial charge in [-0.05, 0) is 58.7 Å². The second-order valence-corrected chi connectivity index (χ2v) is 5.95. The molecular weight excluding hydrogens is 378 g/mol. The van der Waals surface area contributed by atoms with Gasteiger partial charge in [0, 0.05) is 10.7 Å². The van der Waals surface area contributed by atoms with E-state index in [2.05, 4.69) is 36.5 Å². The fourth-order valence-corrected chi connectivity index (χ4v) is 2.67. The van der Waals surface area contributed by atoms with E-state index in [1.807, 2.05) is 25.1 Å². The van der Waals surface area contributed by atoms with Gasteiger partial charge in [0.15, 0.2) is 0 Å². The fraction of sp³-hybridized carbons (Fsp3) is 0.0588. The smallest absolute Gasteiger partial charge is 0.229 e. The molecule has 0 saturated heterocycles. The molecule has 0 amide bonds. The van der Waals surface area contributed by atoms with Crippen LogP contribution in [0.15, 0.2) is 53.1 Å². The van der Waals surface area contributed by atoms with Gasteiger partial charge in [-0.1, -0.05) is 12.1 Å². The minimum atomic E-state index is -0.710. The Hall–Kier alpha value is -2.54. The van der Waals surface area contributed by atoms with E-state index in [1.165, 1.54) is 12.3 Å². The number of benzene rings is 2. The van der Waals surface area contributed by atoms with Crippen LogP contribution in [0.2, 0.25) is 0 Å². The molecule has 0 aliphatic carbocycles. The van der Waals surface area contributed by atoms with Crippen molar-refractivity contribution in [2.24, 2.45) is 0 Å². The van der Waals surface area contributed by atoms with Gasteiger partial charge in [-0.25, -0.2) is 13.8 Å². The normalized spacial score (nSPS) is 10.5. The summed E-state index contributed by atoms with van der Waals surface area (Å²) in [5, 5.41) is 5.70. The highest BCUT2D eigenvalue weighted by Crippen LogP contribution is 2.27. The third-order valence-electron chi connectivity index (χ3n) is 3.24. The second kappa shape index (κ2) is 6.92. The van der Waals surface area contributed by atoms with E-state index in [1.54, 1.807) is 6.07 Å². The van der Waals surface area contributed by atoms with Crippen molar-refractivity contribution in [2.45, 2.75) is 6.92 Å². The minimum Gasteiger partial charge on any atom is -0.339 e. The first-order chi connectivity index (χ1) is 11.5. The molecule has 1 aromatic heterocycles. The van der Waals surface area contributed by atoms with Gasteiger partial charge in [0.2, 0.25) is 5.95 Å². The molecule has 1 heterocycles. The molecule has 3 rings (SSSR count). The molecule has 24 heavy (non-hydrogen) atoms. The molecule has 0 saturated carbocycles. The van der Waals surface area contributed by atoms with Crippen molar-refractivity contribution in [3.05, 3.63) is 70.3 Å². The zero-order chi connectivity index (χ0) is 17.1. The Balaban J connectivity index is 1.84. The number of hydrogen-bond acceptors (Lipinski definition) is 4. The van der Waals surface area contributed by atoms with E-state index in [0.717, 1.165) is 27.9 Å². The molecule has 122 valence electrons. The Bertz CT molecular complexity index is 866. The first-order valence-electron chi connectivity index (χ1n) is 7.10. The van der Waals surface area contributed by atoms with Crippen molar-refractivity contribution >= 4 is 39.1 Å². The van der Waals surface area contributed by atoms with Crippen molar-refractivity contribution in [1.82, 2.24) is 9.97 Å². The summed E-state index contributed by atoms with van der Waals surface area (Å²) in [7, 11) is 0. The molecule has 7 heteroatoms. The van der Waals surface area contributed by atoms with Crippen LogP contribution in [-0.4, -0.2) is 9.97 Å². The van der Waals surface area contributed by atoms with Crippen LogP contribution in [0.3, 0.4) is 0 Å². The number of para-hydroxylation sites is 1. The lowest BCUT2D eigenvalue weighted by Crippen LogP contribution is -2.03. The first-order valence-corrected chi connectivity index (χ1v) is 7.89. The Morgan fingerprint density at radius 3 is 2.46 bits per heavy atom. The van der Waals surface area contributed by atoms with Crippen LogP contribution in [0.25, 0.3) is 0 Å². The first kappa shape index (κ1) is 16.3. The van der Waals surface area contributed by atoms with Crippen molar-refractivity contribution in [2.75, 3.05) is 10.6 Å². The maximum atomic E-state index is 13.7. The third kappa shape index (κ3) is 3.68. The van der Waals surface area contributed by atoms with Crippen LogP contribution < -0.4 is 10.6 Å². The van der Waals surface area contributed by atoms with Gasteiger partial charge in [-0.15, -0.1) is 0 Å². The molecule has 4 nitrogen and oxygen atoms in total. The molecule has 2 aromatic carbocycles. The lowest BCUT2D eigenvalue weighted by atomic mass is 10.2. The number of aryl methyl sites for hydroxylation is 1. The highest BCUT2D eigenvalue weighted by molar-refractivity contribution is 9.10. The Labute approximate surface area is 146 Å². The number of nitrogens with one attached hydrogen (secondary N) is 2. The van der Waals surface area contributed by atoms with E-state index in [-0.39, 0.29) is 11.6 Å². The number of halogens is 3. The van der Waals surface area contributed by atoms with Crippen LogP contribution in [-0.2, 0) is 0 Å². The summed E-state index contributed by atoms with van der Waals surface area (Å²) in [4.78, 5) is 8.21. The average Bonchev–Trinajstić information content (AvgIpc) is 2.54. The van der Waals surface area contributed by atoms with Crippen LogP contribution in [0.5, 0.6) is 0 Å². The Morgan fingerprint density at radius 2 is 1.75 bits per heavy atom. The predicted molar refractivity (Wildman–Crippen MR) is 93.8 cm³/mol. The molecule has 0 spiro atoms. The number of nitrogens with zero attached hydrogens (tertiary/aromatic N) is 2. The molecule has 0 atom stereocenters. The minimum absolute atomic E-state index is 0.0900. The molecule has 0 radical (unpaired) electrons. The second-order valence-electron chi connectivity index (χ2n) is 5.10. The van der Waals surface area contributed by atoms with Crippen molar-refractivity contribution < 1.29 is 8.78 Å². The standard InChI is InChI=1S/C17H13BrF2N4/c1-10-5-6-14(11(18)9-10)22-15-7-8-21-17(23-15)24-16-12(19)3-2-4-13(16)20/h2-9H,1H3,(H2,21,22,23,24). The van der Waals surface area contributed by atoms with Gasteiger partial charge >= 0.3 is 0 Å². The topological polar surface area (TPSA) is 49.8 Å². The van der Waals surface area contributed by atoms with Crippen LogP contribution >= 0.6 is 15.9 Å². The summed E-state index contributed by atoms with van der Waals surface area (Å²) < 4.78 is 28.3. The number of anilines is 4. The molecule has 0 aliphatic rings. The summed E-state index contributed by atoms with van der Waals surface area (Å²) in [6.07, 6.45) is 1.50. The number of hydrogen-bond donors (Lipinski definition) is 2. The lowest BCUT2D eigenvalue weighted by molar-refractivity contribution is 0.590. The van der Waals surface area contributed by atoms with Gasteiger partial charge in [0.25, 0.3) is 0 Å². The van der Waals surface area contributed by atoms with Gasteiger partial charge < -0.3 is 10.6 Å². The number of rotatable bonds is 4. The Kier molecular flexibility index (Phi) is 4.71. The predicted octanol–water partition coefficient (Wildman–Crippen LogP) is 5.31. The maximum Gasteiger partial charge on any atom is 0.229 e. The summed E-state index contributed by atoms with van der Waals surface area (Å²) in [5.41, 5.74) is 1.65. The van der Waals surface area contributed by atoms with Gasteiger partial charge in [-0.2, -0.15) is 4.98 Å². The van der Waals surface area contributed by atoms with E-state index in [0.29, 0.717) is 5.82 Å². The molecule has 3 aromatic rings. The highest BCUT2D eigenvalue weighted by atomic mass is 79.9. The van der Waals surface area contributed by atoms with Crippen LogP contribution in [0, 0.1) is 18.6 Å². The molecule has 0 aliphatic heterocycles. The summed E-state index contributed by atoms with van der Waals surface area (Å²) in [5.74, 6) is -0.836.